The molecule has 0 N–H and O–H groups in total. The summed E-state index contributed by atoms with van der Waals surface area (Å²) < 4.78 is 29.1. The van der Waals surface area contributed by atoms with Gasteiger partial charge < -0.3 is 4.74 Å². The molecule has 0 saturated carbocycles. The van der Waals surface area contributed by atoms with Crippen LogP contribution in [0, 0.1) is 5.82 Å². The second-order valence-electron chi connectivity index (χ2n) is 2.24. The second kappa shape index (κ2) is 3.93. The number of methoxy groups -OCH3 is 1. The van der Waals surface area contributed by atoms with Gasteiger partial charge in [-0.1, -0.05) is 0 Å². The van der Waals surface area contributed by atoms with Gasteiger partial charge in [-0.25, -0.2) is 13.8 Å². The van der Waals surface area contributed by atoms with Crippen LogP contribution >= 0.6 is 0 Å². The van der Waals surface area contributed by atoms with E-state index >= 15 is 0 Å². The molecule has 0 saturated heterocycles. The van der Waals surface area contributed by atoms with E-state index in [9.17, 15) is 13.6 Å². The number of pyridine rings is 1. The maximum absolute atomic E-state index is 12.7. The smallest absolute Gasteiger partial charge is 0.250 e. The van der Waals surface area contributed by atoms with Crippen molar-refractivity contribution in [1.29, 1.82) is 0 Å². The highest BCUT2D eigenvalue weighted by molar-refractivity contribution is 5.95. The first-order valence-corrected chi connectivity index (χ1v) is 3.48. The molecule has 0 bridgehead atoms. The van der Waals surface area contributed by atoms with Crippen LogP contribution in [0.2, 0.25) is 0 Å². The summed E-state index contributed by atoms with van der Waals surface area (Å²) in [5.41, 5.74) is -0.138. The number of rotatable bonds is 3. The molecule has 70 valence electrons. The quantitative estimate of drug-likeness (QED) is 0.671. The Bertz CT molecular complexity index is 328. The summed E-state index contributed by atoms with van der Waals surface area (Å²) >= 11 is 0. The average Bonchev–Trinajstić information content (AvgIpc) is 2.17. The molecular formula is C8H7F2NO2. The third-order valence-corrected chi connectivity index (χ3v) is 1.41. The highest BCUT2D eigenvalue weighted by atomic mass is 19.1. The van der Waals surface area contributed by atoms with Gasteiger partial charge >= 0.3 is 0 Å². The van der Waals surface area contributed by atoms with Crippen LogP contribution in [0.3, 0.4) is 0 Å². The number of nitrogens with zero attached hydrogens (tertiary/aromatic N) is 1. The van der Waals surface area contributed by atoms with Crippen LogP contribution in [0.25, 0.3) is 0 Å². The molecule has 3 nitrogen and oxygen atoms in total. The van der Waals surface area contributed by atoms with Crippen LogP contribution in [0.15, 0.2) is 12.1 Å². The number of hydrogen-bond donors (Lipinski definition) is 0. The van der Waals surface area contributed by atoms with E-state index in [1.165, 1.54) is 7.11 Å². The molecule has 5 heteroatoms. The molecule has 0 atom stereocenters. The number of Topliss-reactive ketones (excluding diaryl/α,β-unsaturated/α-hetero) is 1. The number of ether oxygens (including phenoxy) is 1. The Morgan fingerprint density at radius 3 is 2.85 bits per heavy atom. The molecule has 0 radical (unpaired) electrons. The normalized spacial score (nSPS) is 9.77. The highest BCUT2D eigenvalue weighted by Crippen LogP contribution is 2.13. The lowest BCUT2D eigenvalue weighted by atomic mass is 10.2. The zero-order valence-corrected chi connectivity index (χ0v) is 6.88. The summed E-state index contributed by atoms with van der Waals surface area (Å²) in [6.45, 7) is -1.15. The number of aromatic nitrogens is 1. The molecule has 0 spiro atoms. The molecule has 0 aliphatic carbocycles. The average molecular weight is 187 g/mol. The molecular weight excluding hydrogens is 180 g/mol. The van der Waals surface area contributed by atoms with Crippen LogP contribution in [0.1, 0.15) is 10.5 Å². The zero-order valence-electron chi connectivity index (χ0n) is 6.88. The van der Waals surface area contributed by atoms with Gasteiger partial charge in [0.2, 0.25) is 5.78 Å². The van der Waals surface area contributed by atoms with Gasteiger partial charge in [-0.3, -0.25) is 4.79 Å². The maximum atomic E-state index is 12.7. The topological polar surface area (TPSA) is 39.2 Å². The van der Waals surface area contributed by atoms with Crippen LogP contribution in [-0.2, 0) is 0 Å². The van der Waals surface area contributed by atoms with E-state index in [-0.39, 0.29) is 11.6 Å². The fraction of sp³-hybridized carbons (Fsp3) is 0.250. The van der Waals surface area contributed by atoms with Gasteiger partial charge in [-0.05, 0) is 12.1 Å². The number of halogens is 2. The first-order chi connectivity index (χ1) is 6.19. The molecule has 0 aliphatic heterocycles. The van der Waals surface area contributed by atoms with E-state index in [4.69, 9.17) is 0 Å². The fourth-order valence-electron chi connectivity index (χ4n) is 0.790. The largest absolute Gasteiger partial charge is 0.479 e. The van der Waals surface area contributed by atoms with Crippen molar-refractivity contribution in [2.24, 2.45) is 0 Å². The van der Waals surface area contributed by atoms with Crippen LogP contribution in [-0.4, -0.2) is 24.6 Å². The predicted molar refractivity (Wildman–Crippen MR) is 41.1 cm³/mol. The number of carbonyl (C=O) groups is 1. The van der Waals surface area contributed by atoms with Crippen molar-refractivity contribution in [2.75, 3.05) is 13.8 Å². The number of ketones is 1. The monoisotopic (exact) mass is 187 g/mol. The van der Waals surface area contributed by atoms with E-state index < -0.39 is 18.3 Å². The Hall–Kier alpha value is -1.52. The van der Waals surface area contributed by atoms with E-state index in [0.717, 1.165) is 12.1 Å². The molecule has 13 heavy (non-hydrogen) atoms. The molecule has 0 aromatic carbocycles. The predicted octanol–water partition coefficient (Wildman–Crippen LogP) is 1.38. The lowest BCUT2D eigenvalue weighted by Crippen LogP contribution is -2.05. The van der Waals surface area contributed by atoms with Crippen LogP contribution in [0.5, 0.6) is 5.88 Å². The molecule has 0 aliphatic rings. The van der Waals surface area contributed by atoms with Crippen molar-refractivity contribution in [3.63, 3.8) is 0 Å². The fourth-order valence-corrected chi connectivity index (χ4v) is 0.790. The van der Waals surface area contributed by atoms with Crippen molar-refractivity contribution in [3.8, 4) is 5.88 Å². The minimum absolute atomic E-state index is 0.138. The minimum Gasteiger partial charge on any atom is -0.479 e. The van der Waals surface area contributed by atoms with Gasteiger partial charge in [-0.15, -0.1) is 0 Å². The molecule has 1 aromatic heterocycles. The van der Waals surface area contributed by atoms with Crippen LogP contribution < -0.4 is 4.74 Å². The maximum Gasteiger partial charge on any atom is 0.250 e. The molecule has 1 rings (SSSR count). The van der Waals surface area contributed by atoms with Gasteiger partial charge in [0.1, 0.15) is 5.69 Å². The molecule has 0 unspecified atom stereocenters. The number of alkyl halides is 1. The third-order valence-electron chi connectivity index (χ3n) is 1.41. The van der Waals surface area contributed by atoms with Crippen molar-refractivity contribution in [2.45, 2.75) is 0 Å². The zero-order chi connectivity index (χ0) is 9.84. The van der Waals surface area contributed by atoms with E-state index in [0.29, 0.717) is 0 Å². The Morgan fingerprint density at radius 2 is 2.31 bits per heavy atom. The molecule has 1 aromatic rings. The first-order valence-electron chi connectivity index (χ1n) is 3.48. The van der Waals surface area contributed by atoms with Crippen LogP contribution in [0.4, 0.5) is 8.78 Å². The number of carbonyl (C=O) groups excluding carboxylic acids is 1. The van der Waals surface area contributed by atoms with E-state index in [2.05, 4.69) is 9.72 Å². The standard InChI is InChI=1S/C8H7F2NO2/c1-13-8-5(10)2-3-6(11-8)7(12)4-9/h2-3H,4H2,1H3. The van der Waals surface area contributed by atoms with Crippen molar-refractivity contribution in [1.82, 2.24) is 4.98 Å². The summed E-state index contributed by atoms with van der Waals surface area (Å²) in [4.78, 5) is 14.3. The molecule has 1 heterocycles. The molecule has 0 amide bonds. The van der Waals surface area contributed by atoms with Crippen molar-refractivity contribution in [3.05, 3.63) is 23.6 Å². The van der Waals surface area contributed by atoms with Gasteiger partial charge in [0.25, 0.3) is 5.88 Å². The van der Waals surface area contributed by atoms with E-state index in [1.54, 1.807) is 0 Å². The lowest BCUT2D eigenvalue weighted by molar-refractivity contribution is 0.0952. The first kappa shape index (κ1) is 9.57. The second-order valence-corrected chi connectivity index (χ2v) is 2.24. The van der Waals surface area contributed by atoms with E-state index in [1.807, 2.05) is 0 Å². The summed E-state index contributed by atoms with van der Waals surface area (Å²) in [5.74, 6) is -1.78. The lowest BCUT2D eigenvalue weighted by Gasteiger charge is -2.01. The van der Waals surface area contributed by atoms with Gasteiger partial charge in [-0.2, -0.15) is 0 Å². The van der Waals surface area contributed by atoms with Gasteiger partial charge in [0.05, 0.1) is 7.11 Å². The Balaban J connectivity index is 3.06. The van der Waals surface area contributed by atoms with Crippen molar-refractivity contribution >= 4 is 5.78 Å². The Morgan fingerprint density at radius 1 is 1.62 bits per heavy atom. The number of hydrogen-bond acceptors (Lipinski definition) is 3. The van der Waals surface area contributed by atoms with Gasteiger partial charge in [0, 0.05) is 0 Å². The third kappa shape index (κ3) is 1.99. The van der Waals surface area contributed by atoms with Gasteiger partial charge in [0.15, 0.2) is 12.5 Å². The summed E-state index contributed by atoms with van der Waals surface area (Å²) in [6.07, 6.45) is 0. The highest BCUT2D eigenvalue weighted by Gasteiger charge is 2.11. The SMILES string of the molecule is COc1nc(C(=O)CF)ccc1F. The minimum atomic E-state index is -1.15. The Labute approximate surface area is 73.4 Å². The summed E-state index contributed by atoms with van der Waals surface area (Å²) in [5, 5.41) is 0. The molecule has 0 fully saturated rings. The summed E-state index contributed by atoms with van der Waals surface area (Å²) in [7, 11) is 1.22. The Kier molecular flexibility index (Phi) is 2.89. The van der Waals surface area contributed by atoms with Crippen molar-refractivity contribution < 1.29 is 18.3 Å². The summed E-state index contributed by atoms with van der Waals surface area (Å²) in [6, 6.07) is 2.12.